The molecule has 0 N–H and O–H groups in total. The Morgan fingerprint density at radius 2 is 1.00 bits per heavy atom. The van der Waals surface area contributed by atoms with Gasteiger partial charge in [0.1, 0.15) is 11.9 Å². The molecule has 1 aliphatic carbocycles. The molecule has 1 aliphatic heterocycles. The fourth-order valence-corrected chi connectivity index (χ4v) is 7.32. The quantitative estimate of drug-likeness (QED) is 0.200. The summed E-state index contributed by atoms with van der Waals surface area (Å²) < 4.78 is 6.28. The molecule has 0 bridgehead atoms. The predicted octanol–water partition coefficient (Wildman–Crippen LogP) is 11.1. The smallest absolute Gasteiger partial charge is 0.128 e. The Balaban J connectivity index is 1.33. The van der Waals surface area contributed by atoms with E-state index in [1.165, 1.54) is 71.3 Å². The van der Waals surface area contributed by atoms with Crippen molar-refractivity contribution in [2.45, 2.75) is 12.0 Å². The van der Waals surface area contributed by atoms with Gasteiger partial charge in [0, 0.05) is 11.5 Å². The Hall–Kier alpha value is -5.40. The minimum Gasteiger partial charge on any atom is -0.485 e. The fraction of sp³-hybridized carbons (Fsp3) is 0.0476. The van der Waals surface area contributed by atoms with Gasteiger partial charge in [-0.25, -0.2) is 0 Å². The molecule has 2 aliphatic rings. The second-order valence-electron chi connectivity index (χ2n) is 11.5. The Bertz CT molecular complexity index is 2220. The number of rotatable bonds is 3. The SMILES string of the molecule is C1=CC2Oc3ccc(-c4ccccc4-c4c5ccccc5c(-c5cccc6ccccc56)c5ccccc45)cc3C2C=C1. The third-order valence-electron chi connectivity index (χ3n) is 9.21. The maximum atomic E-state index is 6.28. The third kappa shape index (κ3) is 3.72. The number of hydrogen-bond donors (Lipinski definition) is 0. The van der Waals surface area contributed by atoms with Gasteiger partial charge in [0.2, 0.25) is 0 Å². The van der Waals surface area contributed by atoms with Gasteiger partial charge in [-0.15, -0.1) is 0 Å². The van der Waals surface area contributed by atoms with Crippen molar-refractivity contribution in [3.63, 3.8) is 0 Å². The summed E-state index contributed by atoms with van der Waals surface area (Å²) >= 11 is 0. The first-order valence-corrected chi connectivity index (χ1v) is 15.0. The molecular weight excluding hydrogens is 520 g/mol. The molecule has 1 heterocycles. The van der Waals surface area contributed by atoms with Crippen LogP contribution in [-0.2, 0) is 0 Å². The Morgan fingerprint density at radius 3 is 1.74 bits per heavy atom. The summed E-state index contributed by atoms with van der Waals surface area (Å²) in [6, 6.07) is 48.8. The zero-order valence-electron chi connectivity index (χ0n) is 23.6. The summed E-state index contributed by atoms with van der Waals surface area (Å²) in [6.07, 6.45) is 8.73. The van der Waals surface area contributed by atoms with Crippen molar-refractivity contribution in [2.24, 2.45) is 0 Å². The normalized spacial score (nSPS) is 16.8. The molecule has 1 nitrogen and oxygen atoms in total. The van der Waals surface area contributed by atoms with Crippen LogP contribution in [0.1, 0.15) is 11.5 Å². The standard InChI is InChI=1S/C42H28O/c1-2-14-29-27(12-1)13-11-22-33(29)42-36-20-7-5-18-34(36)41(35-19-6-8-21-37(35)42)32-17-4-3-15-30(32)28-24-25-40-38(26-28)31-16-9-10-23-39(31)43-40/h1-26,31,39H. The lowest BCUT2D eigenvalue weighted by atomic mass is 9.82. The molecule has 2 atom stereocenters. The zero-order chi connectivity index (χ0) is 28.3. The molecule has 7 aromatic rings. The lowest BCUT2D eigenvalue weighted by molar-refractivity contribution is 0.269. The van der Waals surface area contributed by atoms with Crippen LogP contribution in [0.2, 0.25) is 0 Å². The van der Waals surface area contributed by atoms with E-state index < -0.39 is 0 Å². The third-order valence-corrected chi connectivity index (χ3v) is 9.21. The minimum absolute atomic E-state index is 0.0833. The van der Waals surface area contributed by atoms with Gasteiger partial charge in [-0.2, -0.15) is 0 Å². The van der Waals surface area contributed by atoms with Crippen molar-refractivity contribution in [1.29, 1.82) is 0 Å². The van der Waals surface area contributed by atoms with E-state index in [0.717, 1.165) is 5.75 Å². The second kappa shape index (κ2) is 9.58. The van der Waals surface area contributed by atoms with E-state index in [4.69, 9.17) is 4.74 Å². The van der Waals surface area contributed by atoms with Crippen LogP contribution in [0.3, 0.4) is 0 Å². The van der Waals surface area contributed by atoms with E-state index in [9.17, 15) is 0 Å². The van der Waals surface area contributed by atoms with Gasteiger partial charge in [-0.1, -0.05) is 140 Å². The monoisotopic (exact) mass is 548 g/mol. The van der Waals surface area contributed by atoms with Crippen molar-refractivity contribution >= 4 is 32.3 Å². The summed E-state index contributed by atoms with van der Waals surface area (Å²) in [5.74, 6) is 1.25. The number of benzene rings is 7. The summed E-state index contributed by atoms with van der Waals surface area (Å²) in [6.45, 7) is 0. The molecule has 0 fully saturated rings. The lowest BCUT2D eigenvalue weighted by Gasteiger charge is -2.20. The van der Waals surface area contributed by atoms with Gasteiger partial charge in [0.15, 0.2) is 0 Å². The fourth-order valence-electron chi connectivity index (χ4n) is 7.32. The molecule has 9 rings (SSSR count). The summed E-state index contributed by atoms with van der Waals surface area (Å²) in [5.41, 5.74) is 8.80. The lowest BCUT2D eigenvalue weighted by Crippen LogP contribution is -2.15. The van der Waals surface area contributed by atoms with Crippen LogP contribution < -0.4 is 4.74 Å². The average molecular weight is 549 g/mol. The van der Waals surface area contributed by atoms with Crippen molar-refractivity contribution < 1.29 is 4.74 Å². The summed E-state index contributed by atoms with van der Waals surface area (Å²) in [7, 11) is 0. The van der Waals surface area contributed by atoms with E-state index in [-0.39, 0.29) is 12.0 Å². The maximum Gasteiger partial charge on any atom is 0.128 e. The maximum absolute atomic E-state index is 6.28. The molecule has 7 aromatic carbocycles. The summed E-state index contributed by atoms with van der Waals surface area (Å²) in [4.78, 5) is 0. The minimum atomic E-state index is 0.0833. The van der Waals surface area contributed by atoms with E-state index in [1.54, 1.807) is 0 Å². The Kier molecular flexibility index (Phi) is 5.39. The van der Waals surface area contributed by atoms with Gasteiger partial charge in [0.05, 0.1) is 0 Å². The molecule has 43 heavy (non-hydrogen) atoms. The van der Waals surface area contributed by atoms with Crippen molar-refractivity contribution in [1.82, 2.24) is 0 Å². The van der Waals surface area contributed by atoms with Crippen LogP contribution in [0.15, 0.2) is 158 Å². The first-order valence-electron chi connectivity index (χ1n) is 15.0. The zero-order valence-corrected chi connectivity index (χ0v) is 23.6. The van der Waals surface area contributed by atoms with Crippen LogP contribution in [-0.4, -0.2) is 6.10 Å². The first kappa shape index (κ1) is 24.2. The molecule has 0 saturated heterocycles. The average Bonchev–Trinajstić information content (AvgIpc) is 3.45. The molecule has 1 heteroatoms. The van der Waals surface area contributed by atoms with Crippen molar-refractivity contribution in [3.05, 3.63) is 163 Å². The van der Waals surface area contributed by atoms with Crippen LogP contribution in [0.25, 0.3) is 65.7 Å². The highest BCUT2D eigenvalue weighted by Crippen LogP contribution is 2.48. The molecule has 202 valence electrons. The van der Waals surface area contributed by atoms with E-state index in [2.05, 4.69) is 158 Å². The molecule has 2 unspecified atom stereocenters. The molecule has 0 aromatic heterocycles. The molecular formula is C42H28O. The van der Waals surface area contributed by atoms with Gasteiger partial charge in [0.25, 0.3) is 0 Å². The number of ether oxygens (including phenoxy) is 1. The molecule has 0 saturated carbocycles. The van der Waals surface area contributed by atoms with Crippen molar-refractivity contribution in [3.8, 4) is 39.1 Å². The van der Waals surface area contributed by atoms with E-state index in [1.807, 2.05) is 0 Å². The highest BCUT2D eigenvalue weighted by atomic mass is 16.5. The van der Waals surface area contributed by atoms with Crippen LogP contribution in [0.5, 0.6) is 5.75 Å². The van der Waals surface area contributed by atoms with Gasteiger partial charge in [-0.3, -0.25) is 0 Å². The molecule has 0 amide bonds. The second-order valence-corrected chi connectivity index (χ2v) is 11.5. The first-order chi connectivity index (χ1) is 21.3. The van der Waals surface area contributed by atoms with E-state index in [0.29, 0.717) is 0 Å². The predicted molar refractivity (Wildman–Crippen MR) is 181 cm³/mol. The number of fused-ring (bicyclic) bond motifs is 6. The van der Waals surface area contributed by atoms with Crippen LogP contribution in [0, 0.1) is 0 Å². The highest BCUT2D eigenvalue weighted by Gasteiger charge is 2.32. The van der Waals surface area contributed by atoms with E-state index >= 15 is 0 Å². The van der Waals surface area contributed by atoms with Crippen LogP contribution >= 0.6 is 0 Å². The molecule has 0 radical (unpaired) electrons. The number of allylic oxidation sites excluding steroid dienone is 2. The van der Waals surface area contributed by atoms with Gasteiger partial charge in [-0.05, 0) is 83.9 Å². The Labute approximate surface area is 251 Å². The summed E-state index contributed by atoms with van der Waals surface area (Å²) in [5, 5.41) is 7.61. The molecule has 0 spiro atoms. The topological polar surface area (TPSA) is 9.23 Å². The largest absolute Gasteiger partial charge is 0.485 e. The highest BCUT2D eigenvalue weighted by molar-refractivity contribution is 6.24. The van der Waals surface area contributed by atoms with Gasteiger partial charge < -0.3 is 4.74 Å². The van der Waals surface area contributed by atoms with Gasteiger partial charge >= 0.3 is 0 Å². The van der Waals surface area contributed by atoms with Crippen LogP contribution in [0.4, 0.5) is 0 Å². The number of hydrogen-bond acceptors (Lipinski definition) is 1. The Morgan fingerprint density at radius 1 is 0.442 bits per heavy atom. The van der Waals surface area contributed by atoms with Crippen molar-refractivity contribution in [2.75, 3.05) is 0 Å².